The van der Waals surface area contributed by atoms with Crippen LogP contribution in [0.3, 0.4) is 0 Å². The fourth-order valence-corrected chi connectivity index (χ4v) is 4.28. The van der Waals surface area contributed by atoms with Crippen molar-refractivity contribution in [2.75, 3.05) is 17.6 Å². The van der Waals surface area contributed by atoms with Crippen LogP contribution in [0.15, 0.2) is 36.4 Å². The van der Waals surface area contributed by atoms with Crippen molar-refractivity contribution in [2.45, 2.75) is 5.37 Å². The molecule has 126 valence electrons. The molecule has 3 nitrogen and oxygen atoms in total. The summed E-state index contributed by atoms with van der Waals surface area (Å²) in [5.41, 5.74) is 0.692. The highest BCUT2D eigenvalue weighted by molar-refractivity contribution is 7.99. The first kappa shape index (κ1) is 17.3. The number of anilines is 1. The van der Waals surface area contributed by atoms with E-state index in [9.17, 15) is 13.6 Å². The Morgan fingerprint density at radius 2 is 2.00 bits per heavy atom. The first-order chi connectivity index (χ1) is 11.5. The van der Waals surface area contributed by atoms with E-state index in [0.717, 1.165) is 23.4 Å². The van der Waals surface area contributed by atoms with Gasteiger partial charge in [0.2, 0.25) is 0 Å². The van der Waals surface area contributed by atoms with Gasteiger partial charge >= 0.3 is 6.03 Å². The highest BCUT2D eigenvalue weighted by Gasteiger charge is 2.32. The third kappa shape index (κ3) is 3.61. The lowest BCUT2D eigenvalue weighted by molar-refractivity contribution is 0.214. The zero-order valence-corrected chi connectivity index (χ0v) is 14.6. The predicted octanol–water partition coefficient (Wildman–Crippen LogP) is 5.55. The molecule has 1 heterocycles. The van der Waals surface area contributed by atoms with E-state index in [4.69, 9.17) is 23.2 Å². The topological polar surface area (TPSA) is 32.3 Å². The molecule has 1 aliphatic heterocycles. The van der Waals surface area contributed by atoms with Crippen LogP contribution in [0.25, 0.3) is 0 Å². The lowest BCUT2D eigenvalue weighted by Gasteiger charge is -2.25. The normalized spacial score (nSPS) is 17.2. The second kappa shape index (κ2) is 7.17. The molecular weight excluding hydrogens is 377 g/mol. The molecule has 3 rings (SSSR count). The molecule has 0 saturated carbocycles. The maximum Gasteiger partial charge on any atom is 0.323 e. The van der Waals surface area contributed by atoms with Gasteiger partial charge in [0.05, 0.1) is 5.69 Å². The molecule has 24 heavy (non-hydrogen) atoms. The second-order valence-electron chi connectivity index (χ2n) is 5.14. The molecule has 2 aromatic rings. The molecule has 1 atom stereocenters. The number of hydrogen-bond acceptors (Lipinski definition) is 2. The molecule has 8 heteroatoms. The number of carbonyl (C=O) groups excluding carboxylic acids is 1. The maximum atomic E-state index is 13.7. The van der Waals surface area contributed by atoms with Gasteiger partial charge < -0.3 is 10.2 Å². The number of thioether (sulfide) groups is 1. The van der Waals surface area contributed by atoms with E-state index in [2.05, 4.69) is 5.32 Å². The Kier molecular flexibility index (Phi) is 5.18. The van der Waals surface area contributed by atoms with Crippen LogP contribution in [0, 0.1) is 11.6 Å². The van der Waals surface area contributed by atoms with Gasteiger partial charge in [0.1, 0.15) is 17.0 Å². The Morgan fingerprint density at radius 1 is 1.21 bits per heavy atom. The molecule has 2 amide bonds. The summed E-state index contributed by atoms with van der Waals surface area (Å²) < 4.78 is 26.7. The van der Waals surface area contributed by atoms with Crippen molar-refractivity contribution in [3.63, 3.8) is 0 Å². The van der Waals surface area contributed by atoms with Crippen molar-refractivity contribution in [1.29, 1.82) is 0 Å². The molecule has 0 aromatic heterocycles. The number of urea groups is 1. The molecule has 0 radical (unpaired) electrons. The molecule has 1 fully saturated rings. The molecule has 0 bridgehead atoms. The first-order valence-corrected chi connectivity index (χ1v) is 8.85. The summed E-state index contributed by atoms with van der Waals surface area (Å²) in [6, 6.07) is 7.63. The lowest BCUT2D eigenvalue weighted by Crippen LogP contribution is -2.34. The first-order valence-electron chi connectivity index (χ1n) is 7.05. The molecule has 1 saturated heterocycles. The molecule has 0 unspecified atom stereocenters. The van der Waals surface area contributed by atoms with Crippen LogP contribution in [0.2, 0.25) is 10.0 Å². The van der Waals surface area contributed by atoms with Gasteiger partial charge in [-0.25, -0.2) is 13.6 Å². The van der Waals surface area contributed by atoms with E-state index in [-0.39, 0.29) is 11.1 Å². The average molecular weight is 389 g/mol. The number of rotatable bonds is 2. The standard InChI is InChI=1S/C16H12Cl2F2N2OS/c17-9-1-3-11(12(18)7-9)15-22(5-6-24-15)16(23)21-14-4-2-10(19)8-13(14)20/h1-4,7-8,15H,5-6H2,(H,21,23)/t15-/m0/s1. The number of nitrogens with one attached hydrogen (secondary N) is 1. The van der Waals surface area contributed by atoms with E-state index in [1.54, 1.807) is 34.9 Å². The third-order valence-corrected chi connectivity index (χ3v) is 5.36. The number of amides is 2. The van der Waals surface area contributed by atoms with Crippen LogP contribution >= 0.6 is 35.0 Å². The van der Waals surface area contributed by atoms with E-state index < -0.39 is 17.7 Å². The minimum atomic E-state index is -0.823. The number of halogens is 4. The van der Waals surface area contributed by atoms with Crippen LogP contribution in [-0.4, -0.2) is 23.2 Å². The van der Waals surface area contributed by atoms with Gasteiger partial charge in [-0.15, -0.1) is 11.8 Å². The van der Waals surface area contributed by atoms with Crippen molar-refractivity contribution in [3.8, 4) is 0 Å². The fourth-order valence-electron chi connectivity index (χ4n) is 2.42. The van der Waals surface area contributed by atoms with Gasteiger partial charge in [0.25, 0.3) is 0 Å². The van der Waals surface area contributed by atoms with Gasteiger partial charge in [-0.05, 0) is 24.3 Å². The van der Waals surface area contributed by atoms with E-state index >= 15 is 0 Å². The Labute approximate surface area is 151 Å². The molecule has 0 spiro atoms. The Bertz CT molecular complexity index is 791. The lowest BCUT2D eigenvalue weighted by atomic mass is 10.2. The van der Waals surface area contributed by atoms with Gasteiger partial charge in [-0.3, -0.25) is 0 Å². The zero-order chi connectivity index (χ0) is 17.3. The van der Waals surface area contributed by atoms with Gasteiger partial charge in [-0.2, -0.15) is 0 Å². The summed E-state index contributed by atoms with van der Waals surface area (Å²) in [6.07, 6.45) is 0. The van der Waals surface area contributed by atoms with Crippen LogP contribution in [0.5, 0.6) is 0 Å². The molecule has 0 aliphatic carbocycles. The van der Waals surface area contributed by atoms with Crippen molar-refractivity contribution < 1.29 is 13.6 Å². The summed E-state index contributed by atoms with van der Waals surface area (Å²) in [4.78, 5) is 14.0. The van der Waals surface area contributed by atoms with Crippen LogP contribution in [0.1, 0.15) is 10.9 Å². The molecular formula is C16H12Cl2F2N2OS. The Balaban J connectivity index is 1.81. The predicted molar refractivity (Wildman–Crippen MR) is 93.7 cm³/mol. The smallest absolute Gasteiger partial charge is 0.308 e. The average Bonchev–Trinajstić information content (AvgIpc) is 2.99. The molecule has 1 aliphatic rings. The zero-order valence-electron chi connectivity index (χ0n) is 12.2. The number of carbonyl (C=O) groups is 1. The Morgan fingerprint density at radius 3 is 2.71 bits per heavy atom. The SMILES string of the molecule is O=C(Nc1ccc(F)cc1F)N1CCS[C@H]1c1ccc(Cl)cc1Cl. The summed E-state index contributed by atoms with van der Waals surface area (Å²) in [5, 5.41) is 3.16. The summed E-state index contributed by atoms with van der Waals surface area (Å²) in [7, 11) is 0. The highest BCUT2D eigenvalue weighted by atomic mass is 35.5. The van der Waals surface area contributed by atoms with Crippen LogP contribution in [0.4, 0.5) is 19.3 Å². The van der Waals surface area contributed by atoms with Gasteiger partial charge in [0, 0.05) is 34.0 Å². The van der Waals surface area contributed by atoms with E-state index in [0.29, 0.717) is 16.6 Å². The van der Waals surface area contributed by atoms with E-state index in [1.165, 1.54) is 6.07 Å². The van der Waals surface area contributed by atoms with Crippen molar-refractivity contribution in [3.05, 3.63) is 63.6 Å². The maximum absolute atomic E-state index is 13.7. The quantitative estimate of drug-likeness (QED) is 0.730. The fraction of sp³-hybridized carbons (Fsp3) is 0.188. The summed E-state index contributed by atoms with van der Waals surface area (Å²) >= 11 is 13.7. The molecule has 2 aromatic carbocycles. The van der Waals surface area contributed by atoms with Gasteiger partial charge in [0.15, 0.2) is 0 Å². The van der Waals surface area contributed by atoms with Crippen molar-refractivity contribution >= 4 is 46.7 Å². The van der Waals surface area contributed by atoms with E-state index in [1.807, 2.05) is 0 Å². The minimum Gasteiger partial charge on any atom is -0.308 e. The van der Waals surface area contributed by atoms with Gasteiger partial charge in [-0.1, -0.05) is 29.3 Å². The van der Waals surface area contributed by atoms with Crippen molar-refractivity contribution in [2.24, 2.45) is 0 Å². The number of hydrogen-bond donors (Lipinski definition) is 1. The monoisotopic (exact) mass is 388 g/mol. The second-order valence-corrected chi connectivity index (χ2v) is 7.17. The van der Waals surface area contributed by atoms with Crippen LogP contribution in [-0.2, 0) is 0 Å². The molecule has 1 N–H and O–H groups in total. The summed E-state index contributed by atoms with van der Waals surface area (Å²) in [5.74, 6) is -0.799. The number of nitrogens with zero attached hydrogens (tertiary/aromatic N) is 1. The van der Waals surface area contributed by atoms with Crippen LogP contribution < -0.4 is 5.32 Å². The summed E-state index contributed by atoms with van der Waals surface area (Å²) in [6.45, 7) is 0.489. The Hall–Kier alpha value is -1.50. The minimum absolute atomic E-state index is 0.0701. The number of benzene rings is 2. The third-order valence-electron chi connectivity index (χ3n) is 3.55. The van der Waals surface area contributed by atoms with Crippen molar-refractivity contribution in [1.82, 2.24) is 4.90 Å². The highest BCUT2D eigenvalue weighted by Crippen LogP contribution is 2.41. The largest absolute Gasteiger partial charge is 0.323 e.